The highest BCUT2D eigenvalue weighted by Crippen LogP contribution is 2.26. The Balaban J connectivity index is 1.73. The molecule has 14 heteroatoms. The first-order valence-electron chi connectivity index (χ1n) is 16.2. The molecule has 2 fully saturated rings. The summed E-state index contributed by atoms with van der Waals surface area (Å²) in [5.41, 5.74) is 0. The molecule has 11 atom stereocenters. The molecule has 2 aliphatic heterocycles. The molecule has 2 aliphatic rings. The quantitative estimate of drug-likeness (QED) is 0.0468. The number of aliphatic hydroxyl groups excluding tert-OH is 7. The second-order valence-electron chi connectivity index (χ2n) is 11.7. The van der Waals surface area contributed by atoms with Crippen molar-refractivity contribution in [2.45, 2.75) is 146 Å². The van der Waals surface area contributed by atoms with E-state index >= 15 is 0 Å². The van der Waals surface area contributed by atoms with Crippen LogP contribution in [-0.2, 0) is 33.2 Å². The third kappa shape index (κ3) is 14.2. The van der Waals surface area contributed by atoms with Crippen molar-refractivity contribution in [2.75, 3.05) is 33.0 Å². The first kappa shape index (κ1) is 39.9. The minimum atomic E-state index is -1.70. The van der Waals surface area contributed by atoms with Gasteiger partial charge in [0.15, 0.2) is 12.6 Å². The molecule has 45 heavy (non-hydrogen) atoms. The zero-order valence-electron chi connectivity index (χ0n) is 26.6. The maximum atomic E-state index is 11.6. The van der Waals surface area contributed by atoms with Crippen LogP contribution in [0.25, 0.3) is 0 Å². The Kier molecular flexibility index (Phi) is 19.8. The number of aliphatic hydroxyl groups is 7. The van der Waals surface area contributed by atoms with E-state index < -0.39 is 86.7 Å². The van der Waals surface area contributed by atoms with Crippen LogP contribution in [0.3, 0.4) is 0 Å². The van der Waals surface area contributed by atoms with Crippen molar-refractivity contribution in [3.8, 4) is 0 Å². The van der Waals surface area contributed by atoms with E-state index in [1.54, 1.807) is 0 Å². The lowest BCUT2D eigenvalue weighted by atomic mass is 9.98. The monoisotopic (exact) mass is 652 g/mol. The fourth-order valence-corrected chi connectivity index (χ4v) is 5.09. The minimum absolute atomic E-state index is 0.0432. The number of rotatable bonds is 22. The van der Waals surface area contributed by atoms with E-state index in [0.29, 0.717) is 6.61 Å². The van der Waals surface area contributed by atoms with E-state index in [4.69, 9.17) is 28.4 Å². The number of ether oxygens (including phenoxy) is 6. The average molecular weight is 653 g/mol. The van der Waals surface area contributed by atoms with Gasteiger partial charge in [-0.2, -0.15) is 0 Å². The maximum absolute atomic E-state index is 11.6. The summed E-state index contributed by atoms with van der Waals surface area (Å²) in [6.07, 6.45) is -0.243. The van der Waals surface area contributed by atoms with Crippen LogP contribution in [0.15, 0.2) is 12.2 Å². The van der Waals surface area contributed by atoms with E-state index in [-0.39, 0.29) is 13.2 Å². The van der Waals surface area contributed by atoms with Gasteiger partial charge in [-0.05, 0) is 25.7 Å². The van der Waals surface area contributed by atoms with Gasteiger partial charge in [0.05, 0.1) is 26.4 Å². The molecule has 0 aromatic carbocycles. The number of hydrogen-bond acceptors (Lipinski definition) is 14. The Morgan fingerprint density at radius 3 is 1.89 bits per heavy atom. The molecule has 0 spiro atoms. The fraction of sp³-hybridized carbons (Fsp3) is 0.903. The van der Waals surface area contributed by atoms with Gasteiger partial charge in [0.1, 0.15) is 54.9 Å². The normalized spacial score (nSPS) is 33.0. The van der Waals surface area contributed by atoms with Crippen molar-refractivity contribution in [1.29, 1.82) is 0 Å². The Bertz CT molecular complexity index is 813. The highest BCUT2D eigenvalue weighted by molar-refractivity contribution is 5.66. The van der Waals surface area contributed by atoms with Crippen LogP contribution >= 0.6 is 0 Å². The SMILES string of the molecule is CCCC/C=C\CCCCCCCCOCC(COC1OC(COC2OC(CO)C(O)C(O)C2O)C(O)C(O)C1O)OC(C)=O. The van der Waals surface area contributed by atoms with Gasteiger partial charge in [0, 0.05) is 13.5 Å². The zero-order valence-corrected chi connectivity index (χ0v) is 26.6. The number of carbonyl (C=O) groups excluding carboxylic acids is 1. The molecule has 11 unspecified atom stereocenters. The molecule has 14 nitrogen and oxygen atoms in total. The smallest absolute Gasteiger partial charge is 0.303 e. The van der Waals surface area contributed by atoms with Crippen LogP contribution in [0.4, 0.5) is 0 Å². The van der Waals surface area contributed by atoms with Crippen molar-refractivity contribution in [3.63, 3.8) is 0 Å². The summed E-state index contributed by atoms with van der Waals surface area (Å²) < 4.78 is 32.9. The summed E-state index contributed by atoms with van der Waals surface area (Å²) in [5.74, 6) is -0.557. The van der Waals surface area contributed by atoms with Gasteiger partial charge in [0.2, 0.25) is 0 Å². The Hall–Kier alpha value is -1.27. The lowest BCUT2D eigenvalue weighted by Gasteiger charge is -2.42. The summed E-state index contributed by atoms with van der Waals surface area (Å²) in [6, 6.07) is 0. The molecule has 264 valence electrons. The Labute approximate surface area is 265 Å². The number of carbonyl (C=O) groups is 1. The van der Waals surface area contributed by atoms with Crippen LogP contribution in [-0.4, -0.2) is 142 Å². The largest absolute Gasteiger partial charge is 0.458 e. The third-order valence-electron chi connectivity index (χ3n) is 7.82. The topological polar surface area (TPSA) is 214 Å². The molecule has 0 radical (unpaired) electrons. The average Bonchev–Trinajstić information content (AvgIpc) is 3.02. The standard InChI is InChI=1S/C31H56O14/c1-3-4-5-6-7-8-9-10-11-12-13-14-15-40-17-21(43-20(2)33)18-41-30-29(39)27(37)25(35)23(45-30)19-42-31-28(38)26(36)24(34)22(16-32)44-31/h6-7,21-32,34-39H,3-5,8-19H2,1-2H3/b7-6-. The lowest BCUT2D eigenvalue weighted by Crippen LogP contribution is -2.61. The van der Waals surface area contributed by atoms with Crippen molar-refractivity contribution < 1.29 is 69.0 Å². The van der Waals surface area contributed by atoms with E-state index in [1.807, 2.05) is 0 Å². The molecule has 0 amide bonds. The molecule has 2 rings (SSSR count). The second kappa shape index (κ2) is 22.3. The number of unbranched alkanes of at least 4 members (excludes halogenated alkanes) is 8. The molecule has 2 saturated heterocycles. The predicted octanol–water partition coefficient (Wildman–Crippen LogP) is 0.0525. The fourth-order valence-electron chi connectivity index (χ4n) is 5.09. The third-order valence-corrected chi connectivity index (χ3v) is 7.82. The van der Waals surface area contributed by atoms with Crippen molar-refractivity contribution in [1.82, 2.24) is 0 Å². The Morgan fingerprint density at radius 2 is 1.27 bits per heavy atom. The number of hydrogen-bond donors (Lipinski definition) is 7. The molecule has 0 saturated carbocycles. The molecule has 0 aromatic rings. The maximum Gasteiger partial charge on any atom is 0.303 e. The van der Waals surface area contributed by atoms with Crippen molar-refractivity contribution >= 4 is 5.97 Å². The Morgan fingerprint density at radius 1 is 0.711 bits per heavy atom. The first-order valence-corrected chi connectivity index (χ1v) is 16.2. The molecule has 7 N–H and O–H groups in total. The molecule has 0 bridgehead atoms. The van der Waals surface area contributed by atoms with Crippen LogP contribution in [0.2, 0.25) is 0 Å². The van der Waals surface area contributed by atoms with Crippen molar-refractivity contribution in [2.24, 2.45) is 0 Å². The minimum Gasteiger partial charge on any atom is -0.458 e. The van der Waals surface area contributed by atoms with E-state index in [9.17, 15) is 40.5 Å². The molecule has 0 aliphatic carbocycles. The van der Waals surface area contributed by atoms with Crippen LogP contribution in [0, 0.1) is 0 Å². The van der Waals surface area contributed by atoms with E-state index in [2.05, 4.69) is 19.1 Å². The van der Waals surface area contributed by atoms with E-state index in [1.165, 1.54) is 39.0 Å². The molecule has 0 aromatic heterocycles. The van der Waals surface area contributed by atoms with Gasteiger partial charge in [-0.15, -0.1) is 0 Å². The summed E-state index contributed by atoms with van der Waals surface area (Å²) in [5, 5.41) is 70.6. The van der Waals surface area contributed by atoms with Crippen LogP contribution in [0.1, 0.15) is 78.1 Å². The van der Waals surface area contributed by atoms with Gasteiger partial charge in [0.25, 0.3) is 0 Å². The van der Waals surface area contributed by atoms with Gasteiger partial charge in [-0.25, -0.2) is 0 Å². The summed E-state index contributed by atoms with van der Waals surface area (Å²) in [6.45, 7) is 2.58. The number of esters is 1. The molecular formula is C31H56O14. The summed E-state index contributed by atoms with van der Waals surface area (Å²) in [4.78, 5) is 11.6. The molecule has 2 heterocycles. The van der Waals surface area contributed by atoms with Gasteiger partial charge < -0.3 is 64.2 Å². The predicted molar refractivity (Wildman–Crippen MR) is 160 cm³/mol. The highest BCUT2D eigenvalue weighted by Gasteiger charge is 2.47. The lowest BCUT2D eigenvalue weighted by molar-refractivity contribution is -0.332. The zero-order chi connectivity index (χ0) is 33.2. The molecular weight excluding hydrogens is 596 g/mol. The number of allylic oxidation sites excluding steroid dienone is 2. The van der Waals surface area contributed by atoms with Crippen LogP contribution < -0.4 is 0 Å². The van der Waals surface area contributed by atoms with Gasteiger partial charge >= 0.3 is 5.97 Å². The van der Waals surface area contributed by atoms with Crippen molar-refractivity contribution in [3.05, 3.63) is 12.2 Å². The second-order valence-corrected chi connectivity index (χ2v) is 11.7. The first-order chi connectivity index (χ1) is 21.6. The summed E-state index contributed by atoms with van der Waals surface area (Å²) in [7, 11) is 0. The van der Waals surface area contributed by atoms with Gasteiger partial charge in [-0.3, -0.25) is 4.79 Å². The van der Waals surface area contributed by atoms with Crippen LogP contribution in [0.5, 0.6) is 0 Å². The highest BCUT2D eigenvalue weighted by atomic mass is 16.7. The van der Waals surface area contributed by atoms with Gasteiger partial charge in [-0.1, -0.05) is 57.6 Å². The van der Waals surface area contributed by atoms with E-state index in [0.717, 1.165) is 32.1 Å². The summed E-state index contributed by atoms with van der Waals surface area (Å²) >= 11 is 0.